The number of unbranched alkanes of at least 4 members (excludes halogenated alkanes) is 1. The summed E-state index contributed by atoms with van der Waals surface area (Å²) in [7, 11) is -3.58. The summed E-state index contributed by atoms with van der Waals surface area (Å²) in [6.07, 6.45) is 8.72. The van der Waals surface area contributed by atoms with E-state index >= 15 is 0 Å². The summed E-state index contributed by atoms with van der Waals surface area (Å²) in [5, 5.41) is 10.3. The van der Waals surface area contributed by atoms with E-state index in [1.54, 1.807) is 12.1 Å². The third kappa shape index (κ3) is 5.50. The van der Waals surface area contributed by atoms with Crippen molar-refractivity contribution >= 4 is 27.0 Å². The Labute approximate surface area is 194 Å². The van der Waals surface area contributed by atoms with E-state index in [-0.39, 0.29) is 0 Å². The molecule has 7 nitrogen and oxygen atoms in total. The Hall–Kier alpha value is -3.00. The number of hydrogen-bond acceptors (Lipinski definition) is 5. The van der Waals surface area contributed by atoms with Crippen molar-refractivity contribution in [2.24, 2.45) is 0 Å². The predicted octanol–water partition coefficient (Wildman–Crippen LogP) is 4.78. The van der Waals surface area contributed by atoms with E-state index < -0.39 is 21.7 Å². The van der Waals surface area contributed by atoms with Crippen molar-refractivity contribution in [3.05, 3.63) is 60.3 Å². The van der Waals surface area contributed by atoms with Gasteiger partial charge in [-0.3, -0.25) is 0 Å². The van der Waals surface area contributed by atoms with Crippen LogP contribution in [0.2, 0.25) is 0 Å². The lowest BCUT2D eigenvalue weighted by Crippen LogP contribution is -2.41. The molecule has 1 aliphatic rings. The van der Waals surface area contributed by atoms with Gasteiger partial charge >= 0.3 is 16.1 Å². The number of hydrogen-bond donors (Lipinski definition) is 1. The van der Waals surface area contributed by atoms with Gasteiger partial charge in [0, 0.05) is 18.1 Å². The van der Waals surface area contributed by atoms with Gasteiger partial charge in [-0.1, -0.05) is 18.2 Å². The van der Waals surface area contributed by atoms with Gasteiger partial charge in [0.2, 0.25) is 5.60 Å². The van der Waals surface area contributed by atoms with Crippen molar-refractivity contribution < 1.29 is 27.2 Å². The van der Waals surface area contributed by atoms with Gasteiger partial charge in [-0.2, -0.15) is 8.42 Å². The molecular weight excluding hydrogens is 442 g/mol. The monoisotopic (exact) mass is 471 g/mol. The number of aryl methyl sites for hydroxylation is 2. The highest BCUT2D eigenvalue weighted by Crippen LogP contribution is 2.35. The first-order valence-corrected chi connectivity index (χ1v) is 13.1. The fourth-order valence-corrected chi connectivity index (χ4v) is 4.96. The maximum Gasteiger partial charge on any atom is 0.348 e. The lowest BCUT2D eigenvalue weighted by atomic mass is 10.0. The lowest BCUT2D eigenvalue weighted by Gasteiger charge is -2.25. The van der Waals surface area contributed by atoms with Crippen molar-refractivity contribution in [3.8, 4) is 11.5 Å². The molecule has 1 heterocycles. The molecule has 0 aliphatic heterocycles. The summed E-state index contributed by atoms with van der Waals surface area (Å²) in [6, 6.07) is 15.0. The minimum absolute atomic E-state index is 0.346. The second-order valence-electron chi connectivity index (χ2n) is 8.70. The van der Waals surface area contributed by atoms with Gasteiger partial charge in [0.1, 0.15) is 5.75 Å². The molecule has 1 fully saturated rings. The SMILES string of the molecule is CS(=O)(=O)Oc1cccc2c1ccn2CCCCc1ccc(OC2(C(=O)O)CCCC2)cc1. The van der Waals surface area contributed by atoms with E-state index in [0.717, 1.165) is 55.8 Å². The van der Waals surface area contributed by atoms with Crippen molar-refractivity contribution in [2.75, 3.05) is 6.26 Å². The number of nitrogens with zero attached hydrogens (tertiary/aromatic N) is 1. The molecule has 33 heavy (non-hydrogen) atoms. The fraction of sp³-hybridized carbons (Fsp3) is 0.400. The zero-order valence-electron chi connectivity index (χ0n) is 18.7. The van der Waals surface area contributed by atoms with E-state index in [2.05, 4.69) is 4.57 Å². The molecule has 1 N–H and O–H groups in total. The predicted molar refractivity (Wildman–Crippen MR) is 126 cm³/mol. The van der Waals surface area contributed by atoms with Crippen LogP contribution in [0.3, 0.4) is 0 Å². The smallest absolute Gasteiger partial charge is 0.348 e. The van der Waals surface area contributed by atoms with Crippen LogP contribution in [0.25, 0.3) is 10.9 Å². The number of aliphatic carboxylic acids is 1. The maximum atomic E-state index is 11.7. The van der Waals surface area contributed by atoms with Gasteiger partial charge in [0.15, 0.2) is 5.75 Å². The molecular formula is C25H29NO6S. The van der Waals surface area contributed by atoms with E-state index in [9.17, 15) is 18.3 Å². The highest BCUT2D eigenvalue weighted by molar-refractivity contribution is 7.86. The third-order valence-electron chi connectivity index (χ3n) is 6.17. The summed E-state index contributed by atoms with van der Waals surface area (Å²) in [5.74, 6) is 0.0731. The van der Waals surface area contributed by atoms with Crippen LogP contribution in [0.5, 0.6) is 11.5 Å². The Morgan fingerprint density at radius 3 is 2.45 bits per heavy atom. The molecule has 1 aliphatic carbocycles. The van der Waals surface area contributed by atoms with Gasteiger partial charge in [-0.05, 0) is 80.8 Å². The Morgan fingerprint density at radius 2 is 1.79 bits per heavy atom. The van der Waals surface area contributed by atoms with Gasteiger partial charge in [0.25, 0.3) is 0 Å². The molecule has 0 unspecified atom stereocenters. The average Bonchev–Trinajstić information content (AvgIpc) is 3.40. The quantitative estimate of drug-likeness (QED) is 0.338. The molecule has 1 saturated carbocycles. The molecule has 0 radical (unpaired) electrons. The molecule has 0 amide bonds. The highest BCUT2D eigenvalue weighted by Gasteiger charge is 2.43. The Bertz CT molecular complexity index is 1220. The Balaban J connectivity index is 1.31. The highest BCUT2D eigenvalue weighted by atomic mass is 32.2. The van der Waals surface area contributed by atoms with Gasteiger partial charge in [0.05, 0.1) is 11.8 Å². The lowest BCUT2D eigenvalue weighted by molar-refractivity contribution is -0.154. The molecule has 176 valence electrons. The summed E-state index contributed by atoms with van der Waals surface area (Å²) >= 11 is 0. The van der Waals surface area contributed by atoms with Gasteiger partial charge < -0.3 is 18.6 Å². The number of carbonyl (C=O) groups is 1. The summed E-state index contributed by atoms with van der Waals surface area (Å²) < 4.78 is 36.1. The summed E-state index contributed by atoms with van der Waals surface area (Å²) in [6.45, 7) is 0.814. The molecule has 0 spiro atoms. The van der Waals surface area contributed by atoms with Crippen LogP contribution >= 0.6 is 0 Å². The van der Waals surface area contributed by atoms with Crippen molar-refractivity contribution in [3.63, 3.8) is 0 Å². The minimum atomic E-state index is -3.58. The first kappa shape index (κ1) is 23.2. The maximum absolute atomic E-state index is 11.7. The minimum Gasteiger partial charge on any atom is -0.478 e. The topological polar surface area (TPSA) is 94.8 Å². The second-order valence-corrected chi connectivity index (χ2v) is 10.3. The van der Waals surface area contributed by atoms with Crippen molar-refractivity contribution in [1.29, 1.82) is 0 Å². The number of carboxylic acid groups (broad SMARTS) is 1. The number of benzene rings is 2. The molecule has 4 rings (SSSR count). The molecule has 1 aromatic heterocycles. The Morgan fingerprint density at radius 1 is 1.06 bits per heavy atom. The molecule has 3 aromatic rings. The zero-order chi connectivity index (χ0) is 23.5. The van der Waals surface area contributed by atoms with Crippen LogP contribution in [0, 0.1) is 0 Å². The van der Waals surface area contributed by atoms with Crippen LogP contribution in [-0.4, -0.2) is 35.9 Å². The number of aromatic nitrogens is 1. The summed E-state index contributed by atoms with van der Waals surface area (Å²) in [4.78, 5) is 11.7. The largest absolute Gasteiger partial charge is 0.478 e. The number of ether oxygens (including phenoxy) is 1. The second kappa shape index (κ2) is 9.47. The first-order chi connectivity index (χ1) is 15.8. The number of fused-ring (bicyclic) bond motifs is 1. The van der Waals surface area contributed by atoms with Crippen LogP contribution < -0.4 is 8.92 Å². The fourth-order valence-electron chi connectivity index (χ4n) is 4.49. The zero-order valence-corrected chi connectivity index (χ0v) is 19.5. The van der Waals surface area contributed by atoms with Crippen LogP contribution in [0.15, 0.2) is 54.7 Å². The standard InChI is InChI=1S/C25H29NO6S/c1-33(29,30)32-23-9-6-8-22-21(23)14-18-26(22)17-5-2-7-19-10-12-20(13-11-19)31-25(24(27)28)15-3-4-16-25/h6,8-14,18H,2-5,7,15-17H2,1H3,(H,27,28). The van der Waals surface area contributed by atoms with Gasteiger partial charge in [-0.15, -0.1) is 0 Å². The van der Waals surface area contributed by atoms with Crippen molar-refractivity contribution in [2.45, 2.75) is 57.1 Å². The number of carboxylic acids is 1. The van der Waals surface area contributed by atoms with E-state index in [0.29, 0.717) is 24.3 Å². The van der Waals surface area contributed by atoms with E-state index in [4.69, 9.17) is 8.92 Å². The molecule has 2 aromatic carbocycles. The first-order valence-electron chi connectivity index (χ1n) is 11.2. The van der Waals surface area contributed by atoms with E-state index in [1.165, 1.54) is 5.56 Å². The third-order valence-corrected chi connectivity index (χ3v) is 6.65. The van der Waals surface area contributed by atoms with Crippen LogP contribution in [0.1, 0.15) is 44.1 Å². The Kier molecular flexibility index (Phi) is 6.65. The summed E-state index contributed by atoms with van der Waals surface area (Å²) in [5.41, 5.74) is 1.05. The normalized spacial score (nSPS) is 15.5. The van der Waals surface area contributed by atoms with E-state index in [1.807, 2.05) is 42.6 Å². The van der Waals surface area contributed by atoms with Crippen LogP contribution in [-0.2, 0) is 27.9 Å². The number of rotatable bonds is 10. The van der Waals surface area contributed by atoms with Crippen molar-refractivity contribution in [1.82, 2.24) is 4.57 Å². The van der Waals surface area contributed by atoms with Gasteiger partial charge in [-0.25, -0.2) is 4.79 Å². The van der Waals surface area contributed by atoms with Crippen LogP contribution in [0.4, 0.5) is 0 Å². The molecule has 0 bridgehead atoms. The average molecular weight is 472 g/mol. The molecule has 0 atom stereocenters. The molecule has 0 saturated heterocycles. The molecule has 8 heteroatoms.